The summed E-state index contributed by atoms with van der Waals surface area (Å²) >= 11 is 0. The monoisotopic (exact) mass is 275 g/mol. The molecule has 1 aromatic carbocycles. The summed E-state index contributed by atoms with van der Waals surface area (Å²) in [6.07, 6.45) is 1.92. The second kappa shape index (κ2) is 7.01. The number of carbonyl (C=O) groups is 1. The third-order valence-electron chi connectivity index (χ3n) is 3.50. The molecule has 1 aliphatic rings. The Hall–Kier alpha value is -1.93. The number of piperidine rings is 1. The topological polar surface area (TPSA) is 56.1 Å². The molecule has 0 unspecified atom stereocenters. The van der Waals surface area contributed by atoms with Crippen LogP contribution in [-0.4, -0.2) is 36.5 Å². The molecule has 0 saturated carbocycles. The first-order chi connectivity index (χ1) is 9.67. The van der Waals surface area contributed by atoms with Gasteiger partial charge in [0, 0.05) is 19.1 Å². The van der Waals surface area contributed by atoms with E-state index in [1.54, 1.807) is 12.1 Å². The summed E-state index contributed by atoms with van der Waals surface area (Å²) in [5, 5.41) is 11.6. The average molecular weight is 275 g/mol. The highest BCUT2D eigenvalue weighted by Crippen LogP contribution is 2.10. The van der Waals surface area contributed by atoms with Gasteiger partial charge in [-0.05, 0) is 30.5 Å². The molecule has 0 aliphatic carbocycles. The maximum atomic E-state index is 13.0. The Morgan fingerprint density at radius 2 is 2.20 bits per heavy atom. The van der Waals surface area contributed by atoms with Crippen LogP contribution >= 0.6 is 0 Å². The Balaban J connectivity index is 1.77. The Labute approximate surface area is 118 Å². The number of carbonyl (C=O) groups excluding carboxylic acids is 1. The Morgan fingerprint density at radius 3 is 2.85 bits per heavy atom. The highest BCUT2D eigenvalue weighted by molar-refractivity contribution is 5.78. The Bertz CT molecular complexity index is 504. The molecule has 5 heteroatoms. The van der Waals surface area contributed by atoms with Gasteiger partial charge in [0.15, 0.2) is 0 Å². The molecular formula is C15H18FN3O. The van der Waals surface area contributed by atoms with Crippen molar-refractivity contribution >= 4 is 5.91 Å². The van der Waals surface area contributed by atoms with E-state index in [9.17, 15) is 9.18 Å². The van der Waals surface area contributed by atoms with Crippen LogP contribution in [0.15, 0.2) is 24.3 Å². The van der Waals surface area contributed by atoms with Crippen LogP contribution in [0.3, 0.4) is 0 Å². The van der Waals surface area contributed by atoms with Crippen LogP contribution in [0.4, 0.5) is 4.39 Å². The van der Waals surface area contributed by atoms with Crippen LogP contribution in [-0.2, 0) is 11.2 Å². The minimum absolute atomic E-state index is 0.0747. The molecule has 1 N–H and O–H groups in total. The number of likely N-dealkylation sites (tertiary alicyclic amines) is 1. The molecule has 1 saturated heterocycles. The Kier molecular flexibility index (Phi) is 5.08. The normalized spacial score (nSPS) is 16.6. The second-order valence-electron chi connectivity index (χ2n) is 5.08. The summed E-state index contributed by atoms with van der Waals surface area (Å²) in [6.45, 7) is 2.11. The van der Waals surface area contributed by atoms with Crippen molar-refractivity contribution in [2.75, 3.05) is 19.6 Å². The molecule has 20 heavy (non-hydrogen) atoms. The van der Waals surface area contributed by atoms with E-state index in [4.69, 9.17) is 5.26 Å². The number of hydrogen-bond acceptors (Lipinski definition) is 3. The lowest BCUT2D eigenvalue weighted by atomic mass is 10.0. The number of nitrogens with zero attached hydrogens (tertiary/aromatic N) is 2. The smallest absolute Gasteiger partial charge is 0.224 e. The van der Waals surface area contributed by atoms with Gasteiger partial charge in [-0.1, -0.05) is 12.1 Å². The lowest BCUT2D eigenvalue weighted by Crippen LogP contribution is -2.45. The fourth-order valence-corrected chi connectivity index (χ4v) is 2.45. The molecule has 1 aromatic rings. The van der Waals surface area contributed by atoms with Gasteiger partial charge >= 0.3 is 0 Å². The van der Waals surface area contributed by atoms with Crippen molar-refractivity contribution in [3.63, 3.8) is 0 Å². The number of rotatable bonds is 4. The summed E-state index contributed by atoms with van der Waals surface area (Å²) in [6, 6.07) is 8.40. The van der Waals surface area contributed by atoms with Gasteiger partial charge in [-0.25, -0.2) is 4.39 Å². The minimum Gasteiger partial charge on any atom is -0.353 e. The summed E-state index contributed by atoms with van der Waals surface area (Å²) < 4.78 is 13.0. The summed E-state index contributed by atoms with van der Waals surface area (Å²) in [7, 11) is 0. The first kappa shape index (κ1) is 14.5. The van der Waals surface area contributed by atoms with Gasteiger partial charge in [0.2, 0.25) is 5.91 Å². The minimum atomic E-state index is -0.319. The van der Waals surface area contributed by atoms with Gasteiger partial charge in [0.1, 0.15) is 5.82 Å². The van der Waals surface area contributed by atoms with E-state index in [2.05, 4.69) is 16.3 Å². The molecule has 4 nitrogen and oxygen atoms in total. The lowest BCUT2D eigenvalue weighted by Gasteiger charge is -2.30. The third kappa shape index (κ3) is 4.32. The van der Waals surface area contributed by atoms with E-state index < -0.39 is 0 Å². The zero-order chi connectivity index (χ0) is 14.4. The second-order valence-corrected chi connectivity index (χ2v) is 5.08. The van der Waals surface area contributed by atoms with Crippen LogP contribution in [0.5, 0.6) is 0 Å². The highest BCUT2D eigenvalue weighted by atomic mass is 19.1. The molecule has 1 aliphatic heterocycles. The standard InChI is InChI=1S/C15H18FN3O/c16-13-3-1-2-12(10-13)11-15(20)18-14-4-7-19(8-5-14)9-6-17/h1-3,10,14H,4-5,7-9,11H2,(H,18,20). The quantitative estimate of drug-likeness (QED) is 0.847. The molecule has 0 radical (unpaired) electrons. The fraction of sp³-hybridized carbons (Fsp3) is 0.467. The van der Waals surface area contributed by atoms with Crippen LogP contribution in [0.2, 0.25) is 0 Å². The van der Waals surface area contributed by atoms with Gasteiger partial charge < -0.3 is 5.32 Å². The molecule has 106 valence electrons. The van der Waals surface area contributed by atoms with Crippen LogP contribution < -0.4 is 5.32 Å². The predicted octanol–water partition coefficient (Wildman–Crippen LogP) is 1.47. The Morgan fingerprint density at radius 1 is 1.45 bits per heavy atom. The van der Waals surface area contributed by atoms with E-state index in [-0.39, 0.29) is 24.2 Å². The van der Waals surface area contributed by atoms with E-state index in [0.29, 0.717) is 12.1 Å². The maximum absolute atomic E-state index is 13.0. The number of halogens is 1. The number of amides is 1. The van der Waals surface area contributed by atoms with Crippen molar-refractivity contribution in [3.05, 3.63) is 35.6 Å². The zero-order valence-electron chi connectivity index (χ0n) is 11.3. The van der Waals surface area contributed by atoms with Crippen molar-refractivity contribution in [2.45, 2.75) is 25.3 Å². The van der Waals surface area contributed by atoms with Crippen LogP contribution in [0.1, 0.15) is 18.4 Å². The molecule has 0 bridgehead atoms. The first-order valence-electron chi connectivity index (χ1n) is 6.80. The maximum Gasteiger partial charge on any atom is 0.224 e. The summed E-state index contributed by atoms with van der Waals surface area (Å²) in [4.78, 5) is 14.0. The van der Waals surface area contributed by atoms with E-state index in [0.717, 1.165) is 25.9 Å². The van der Waals surface area contributed by atoms with Gasteiger partial charge in [0.05, 0.1) is 19.0 Å². The van der Waals surface area contributed by atoms with Gasteiger partial charge in [-0.3, -0.25) is 9.69 Å². The van der Waals surface area contributed by atoms with Crippen molar-refractivity contribution in [1.29, 1.82) is 5.26 Å². The van der Waals surface area contributed by atoms with E-state index in [1.165, 1.54) is 12.1 Å². The molecule has 1 fully saturated rings. The van der Waals surface area contributed by atoms with Crippen molar-refractivity contribution in [2.24, 2.45) is 0 Å². The van der Waals surface area contributed by atoms with Gasteiger partial charge in [-0.15, -0.1) is 0 Å². The van der Waals surface area contributed by atoms with E-state index >= 15 is 0 Å². The molecule has 0 spiro atoms. The van der Waals surface area contributed by atoms with Crippen molar-refractivity contribution < 1.29 is 9.18 Å². The fourth-order valence-electron chi connectivity index (χ4n) is 2.45. The largest absolute Gasteiger partial charge is 0.353 e. The lowest BCUT2D eigenvalue weighted by molar-refractivity contribution is -0.121. The molecule has 0 atom stereocenters. The SMILES string of the molecule is N#CCN1CCC(NC(=O)Cc2cccc(F)c2)CC1. The summed E-state index contributed by atoms with van der Waals surface area (Å²) in [5.41, 5.74) is 0.685. The van der Waals surface area contributed by atoms with E-state index in [1.807, 2.05) is 0 Å². The van der Waals surface area contributed by atoms with Crippen molar-refractivity contribution in [3.8, 4) is 6.07 Å². The number of hydrogen-bond donors (Lipinski definition) is 1. The van der Waals surface area contributed by atoms with Gasteiger partial charge in [-0.2, -0.15) is 5.26 Å². The number of nitriles is 1. The van der Waals surface area contributed by atoms with Crippen molar-refractivity contribution in [1.82, 2.24) is 10.2 Å². The number of benzene rings is 1. The van der Waals surface area contributed by atoms with Crippen LogP contribution in [0.25, 0.3) is 0 Å². The molecule has 0 aromatic heterocycles. The van der Waals surface area contributed by atoms with Crippen LogP contribution in [0, 0.1) is 17.1 Å². The number of nitrogens with one attached hydrogen (secondary N) is 1. The highest BCUT2D eigenvalue weighted by Gasteiger charge is 2.20. The average Bonchev–Trinajstić information content (AvgIpc) is 2.41. The molecule has 1 heterocycles. The molecule has 2 rings (SSSR count). The predicted molar refractivity (Wildman–Crippen MR) is 73.3 cm³/mol. The zero-order valence-corrected chi connectivity index (χ0v) is 11.3. The third-order valence-corrected chi connectivity index (χ3v) is 3.50. The first-order valence-corrected chi connectivity index (χ1v) is 6.80. The van der Waals surface area contributed by atoms with Gasteiger partial charge in [0.25, 0.3) is 0 Å². The molecule has 1 amide bonds. The molecular weight excluding hydrogens is 257 g/mol. The summed E-state index contributed by atoms with van der Waals surface area (Å²) in [5.74, 6) is -0.394.